The molecule has 7 heteroatoms. The standard InChI is InChI=1S/C27H19N3O2S2/c1-3-30-26(31)21(16(2)22(15-28)27(30)32)13-20-14-23-25(33-20)29-24(34-23)19-11-9-18(10-12-19)17-7-5-4-6-8-17/h4-14H,3H2,1-2H3/b21-13-. The number of fused-ring (bicyclic) bond motifs is 1. The van der Waals surface area contributed by atoms with Crippen LogP contribution in [0.5, 0.6) is 0 Å². The fourth-order valence-electron chi connectivity index (χ4n) is 3.94. The SMILES string of the molecule is CCN1C(=O)C(C#N)=C(C)/C(=C/c2cc3sc(-c4ccc(-c5ccccc5)cc4)nc3s2)C1=O. The van der Waals surface area contributed by atoms with E-state index >= 15 is 0 Å². The number of nitriles is 1. The fraction of sp³-hybridized carbons (Fsp3) is 0.111. The molecule has 0 radical (unpaired) electrons. The van der Waals surface area contributed by atoms with Crippen LogP contribution >= 0.6 is 22.7 Å². The zero-order valence-electron chi connectivity index (χ0n) is 18.5. The minimum atomic E-state index is -0.526. The highest BCUT2D eigenvalue weighted by Crippen LogP contribution is 2.37. The highest BCUT2D eigenvalue weighted by Gasteiger charge is 2.34. The second-order valence-corrected chi connectivity index (χ2v) is 9.90. The lowest BCUT2D eigenvalue weighted by molar-refractivity contribution is -0.140. The molecule has 4 aromatic rings. The lowest BCUT2D eigenvalue weighted by Gasteiger charge is -2.26. The molecule has 0 aliphatic carbocycles. The lowest BCUT2D eigenvalue weighted by atomic mass is 9.95. The predicted molar refractivity (Wildman–Crippen MR) is 137 cm³/mol. The number of amides is 2. The van der Waals surface area contributed by atoms with Crippen LogP contribution in [0.4, 0.5) is 0 Å². The van der Waals surface area contributed by atoms with Gasteiger partial charge >= 0.3 is 0 Å². The average Bonchev–Trinajstić information content (AvgIpc) is 3.42. The van der Waals surface area contributed by atoms with Crippen molar-refractivity contribution in [1.82, 2.24) is 9.88 Å². The molecule has 0 unspecified atom stereocenters. The van der Waals surface area contributed by atoms with E-state index in [2.05, 4.69) is 36.4 Å². The lowest BCUT2D eigenvalue weighted by Crippen LogP contribution is -2.42. The molecule has 2 amide bonds. The van der Waals surface area contributed by atoms with Crippen molar-refractivity contribution in [3.8, 4) is 27.8 Å². The van der Waals surface area contributed by atoms with Gasteiger partial charge in [0.05, 0.1) is 4.70 Å². The van der Waals surface area contributed by atoms with Crippen molar-refractivity contribution in [3.05, 3.63) is 82.3 Å². The maximum Gasteiger partial charge on any atom is 0.271 e. The molecule has 166 valence electrons. The molecule has 34 heavy (non-hydrogen) atoms. The van der Waals surface area contributed by atoms with Gasteiger partial charge in [-0.15, -0.1) is 22.7 Å². The third-order valence-electron chi connectivity index (χ3n) is 5.78. The van der Waals surface area contributed by atoms with E-state index < -0.39 is 5.91 Å². The zero-order chi connectivity index (χ0) is 23.8. The molecule has 0 saturated carbocycles. The molecule has 0 bridgehead atoms. The summed E-state index contributed by atoms with van der Waals surface area (Å²) in [5, 5.41) is 10.4. The molecule has 0 fully saturated rings. The largest absolute Gasteiger partial charge is 0.274 e. The topological polar surface area (TPSA) is 74.1 Å². The van der Waals surface area contributed by atoms with Crippen LogP contribution in [0.3, 0.4) is 0 Å². The smallest absolute Gasteiger partial charge is 0.271 e. The second kappa shape index (κ2) is 8.82. The second-order valence-electron chi connectivity index (χ2n) is 7.80. The Bertz CT molecular complexity index is 1500. The van der Waals surface area contributed by atoms with Gasteiger partial charge in [-0.05, 0) is 42.7 Å². The summed E-state index contributed by atoms with van der Waals surface area (Å²) in [7, 11) is 0. The van der Waals surface area contributed by atoms with Crippen LogP contribution < -0.4 is 0 Å². The number of likely N-dealkylation sites (N-methyl/N-ethyl adjacent to an activating group) is 1. The van der Waals surface area contributed by atoms with Crippen LogP contribution in [-0.2, 0) is 9.59 Å². The van der Waals surface area contributed by atoms with Gasteiger partial charge in [0, 0.05) is 22.6 Å². The van der Waals surface area contributed by atoms with Gasteiger partial charge < -0.3 is 0 Å². The highest BCUT2D eigenvalue weighted by molar-refractivity contribution is 7.29. The maximum atomic E-state index is 12.9. The van der Waals surface area contributed by atoms with Crippen molar-refractivity contribution in [2.75, 3.05) is 6.54 Å². The summed E-state index contributed by atoms with van der Waals surface area (Å²) in [4.78, 5) is 32.9. The first-order chi connectivity index (χ1) is 16.5. The number of aromatic nitrogens is 1. The van der Waals surface area contributed by atoms with Crippen LogP contribution in [-0.4, -0.2) is 28.2 Å². The van der Waals surface area contributed by atoms with Gasteiger partial charge in [0.1, 0.15) is 21.5 Å². The number of hydrogen-bond acceptors (Lipinski definition) is 6. The van der Waals surface area contributed by atoms with Crippen molar-refractivity contribution in [2.45, 2.75) is 13.8 Å². The van der Waals surface area contributed by atoms with Gasteiger partial charge in [0.2, 0.25) is 0 Å². The van der Waals surface area contributed by atoms with Gasteiger partial charge in [-0.3, -0.25) is 14.5 Å². The minimum Gasteiger partial charge on any atom is -0.274 e. The summed E-state index contributed by atoms with van der Waals surface area (Å²) in [6.45, 7) is 3.60. The number of thiophene rings is 1. The summed E-state index contributed by atoms with van der Waals surface area (Å²) in [6, 6.07) is 22.6. The molecule has 1 aliphatic heterocycles. The van der Waals surface area contributed by atoms with E-state index in [4.69, 9.17) is 4.98 Å². The van der Waals surface area contributed by atoms with Crippen molar-refractivity contribution >= 4 is 50.1 Å². The van der Waals surface area contributed by atoms with E-state index in [1.54, 1.807) is 31.3 Å². The van der Waals surface area contributed by atoms with E-state index in [0.717, 1.165) is 35.4 Å². The van der Waals surface area contributed by atoms with Crippen LogP contribution in [0, 0.1) is 11.3 Å². The van der Waals surface area contributed by atoms with Gasteiger partial charge in [-0.25, -0.2) is 4.98 Å². The van der Waals surface area contributed by atoms with E-state index in [0.29, 0.717) is 11.1 Å². The third-order valence-corrected chi connectivity index (χ3v) is 7.93. The predicted octanol–water partition coefficient (Wildman–Crippen LogP) is 6.30. The summed E-state index contributed by atoms with van der Waals surface area (Å²) in [5.41, 5.74) is 4.22. The Balaban J connectivity index is 1.46. The number of carbonyl (C=O) groups is 2. The fourth-order valence-corrected chi connectivity index (χ4v) is 6.12. The Labute approximate surface area is 204 Å². The molecule has 2 aromatic heterocycles. The number of imide groups is 1. The minimum absolute atomic E-state index is 0.0189. The molecule has 0 saturated heterocycles. The highest BCUT2D eigenvalue weighted by atomic mass is 32.1. The van der Waals surface area contributed by atoms with Crippen LogP contribution in [0.1, 0.15) is 18.7 Å². The molecular formula is C27H19N3O2S2. The van der Waals surface area contributed by atoms with E-state index in [1.807, 2.05) is 30.3 Å². The molecule has 0 spiro atoms. The molecule has 5 nitrogen and oxygen atoms in total. The molecule has 2 aromatic carbocycles. The number of rotatable bonds is 4. The summed E-state index contributed by atoms with van der Waals surface area (Å²) < 4.78 is 1.04. The molecule has 5 rings (SSSR count). The Kier molecular flexibility index (Phi) is 5.70. The van der Waals surface area contributed by atoms with Crippen molar-refractivity contribution < 1.29 is 9.59 Å². The molecule has 0 N–H and O–H groups in total. The average molecular weight is 482 g/mol. The number of carbonyl (C=O) groups excluding carboxylic acids is 2. The first-order valence-electron chi connectivity index (χ1n) is 10.8. The normalized spacial score (nSPS) is 15.4. The first kappa shape index (κ1) is 22.0. The number of hydrogen-bond donors (Lipinski definition) is 0. The Morgan fingerprint density at radius 1 is 0.971 bits per heavy atom. The Morgan fingerprint density at radius 2 is 1.65 bits per heavy atom. The maximum absolute atomic E-state index is 12.9. The number of benzene rings is 2. The Morgan fingerprint density at radius 3 is 2.29 bits per heavy atom. The number of nitrogens with zero attached hydrogens (tertiary/aromatic N) is 3. The molecule has 1 aliphatic rings. The first-order valence-corrected chi connectivity index (χ1v) is 12.4. The molecule has 3 heterocycles. The van der Waals surface area contributed by atoms with Crippen molar-refractivity contribution in [1.29, 1.82) is 5.26 Å². The van der Waals surface area contributed by atoms with Gasteiger partial charge in [0.15, 0.2) is 0 Å². The Hall–Kier alpha value is -3.86. The number of thiazole rings is 1. The monoisotopic (exact) mass is 481 g/mol. The molecule has 0 atom stereocenters. The van der Waals surface area contributed by atoms with Gasteiger partial charge in [-0.2, -0.15) is 5.26 Å². The van der Waals surface area contributed by atoms with Crippen LogP contribution in [0.15, 0.2) is 77.4 Å². The quantitative estimate of drug-likeness (QED) is 0.253. The van der Waals surface area contributed by atoms with E-state index in [1.165, 1.54) is 16.9 Å². The summed E-state index contributed by atoms with van der Waals surface area (Å²) in [5.74, 6) is -0.894. The zero-order valence-corrected chi connectivity index (χ0v) is 20.2. The molecular weight excluding hydrogens is 462 g/mol. The van der Waals surface area contributed by atoms with E-state index in [-0.39, 0.29) is 18.0 Å². The van der Waals surface area contributed by atoms with Crippen LogP contribution in [0.2, 0.25) is 0 Å². The summed E-state index contributed by atoms with van der Waals surface area (Å²) >= 11 is 3.09. The summed E-state index contributed by atoms with van der Waals surface area (Å²) in [6.07, 6.45) is 1.76. The van der Waals surface area contributed by atoms with E-state index in [9.17, 15) is 14.9 Å². The van der Waals surface area contributed by atoms with Gasteiger partial charge in [-0.1, -0.05) is 54.6 Å². The van der Waals surface area contributed by atoms with Gasteiger partial charge in [0.25, 0.3) is 11.8 Å². The van der Waals surface area contributed by atoms with Crippen molar-refractivity contribution in [3.63, 3.8) is 0 Å². The van der Waals surface area contributed by atoms with Crippen molar-refractivity contribution in [2.24, 2.45) is 0 Å². The third kappa shape index (κ3) is 3.77. The van der Waals surface area contributed by atoms with Crippen LogP contribution in [0.25, 0.3) is 37.3 Å².